The molecular weight excluding hydrogens is 156 g/mol. The lowest BCUT2D eigenvalue weighted by Crippen LogP contribution is -2.31. The van der Waals surface area contributed by atoms with Gasteiger partial charge in [-0.15, -0.1) is 0 Å². The fraction of sp³-hybridized carbons (Fsp3) is 0.833. The quantitative estimate of drug-likeness (QED) is 0.651. The van der Waals surface area contributed by atoms with Crippen LogP contribution in [0, 0.1) is 0 Å². The summed E-state index contributed by atoms with van der Waals surface area (Å²) in [5.74, 6) is -4.07. The van der Waals surface area contributed by atoms with Crippen LogP contribution in [0.15, 0.2) is 0 Å². The summed E-state index contributed by atoms with van der Waals surface area (Å²) in [5.41, 5.74) is 4.99. The molecule has 0 bridgehead atoms. The van der Waals surface area contributed by atoms with Gasteiger partial charge in [0.15, 0.2) is 0 Å². The third-order valence-corrected chi connectivity index (χ3v) is 1.21. The summed E-state index contributed by atoms with van der Waals surface area (Å²) in [6.07, 6.45) is -0.681. The highest BCUT2D eigenvalue weighted by Gasteiger charge is 2.23. The van der Waals surface area contributed by atoms with E-state index in [0.29, 0.717) is 0 Å². The molecule has 0 heterocycles. The zero-order chi connectivity index (χ0) is 9.07. The number of aliphatic carboxylic acids is 1. The standard InChI is InChI=1S/C6H11F2NO2/c1-6(7,8)3-2-4(9)5(10)11/h4H,2-3,9H2,1H3,(H,10,11)/t4-/m1/s1. The SMILES string of the molecule is CC(F)(F)CC[C@@H](N)C(=O)O. The van der Waals surface area contributed by atoms with E-state index in [1.807, 2.05) is 0 Å². The molecule has 0 saturated heterocycles. The Morgan fingerprint density at radius 2 is 2.18 bits per heavy atom. The van der Waals surface area contributed by atoms with Crippen LogP contribution >= 0.6 is 0 Å². The molecule has 3 nitrogen and oxygen atoms in total. The van der Waals surface area contributed by atoms with Crippen molar-refractivity contribution in [2.75, 3.05) is 0 Å². The largest absolute Gasteiger partial charge is 0.480 e. The summed E-state index contributed by atoms with van der Waals surface area (Å²) in [7, 11) is 0. The number of carbonyl (C=O) groups is 1. The average Bonchev–Trinajstić information content (AvgIpc) is 1.80. The first kappa shape index (κ1) is 10.3. The monoisotopic (exact) mass is 167 g/mol. The lowest BCUT2D eigenvalue weighted by molar-refractivity contribution is -0.139. The number of carboxylic acid groups (broad SMARTS) is 1. The minimum absolute atomic E-state index is 0.196. The van der Waals surface area contributed by atoms with Crippen molar-refractivity contribution in [1.82, 2.24) is 0 Å². The predicted octanol–water partition coefficient (Wildman–Crippen LogP) is 0.834. The van der Waals surface area contributed by atoms with Crippen molar-refractivity contribution in [1.29, 1.82) is 0 Å². The first-order valence-electron chi connectivity index (χ1n) is 3.19. The van der Waals surface area contributed by atoms with Crippen molar-refractivity contribution in [2.24, 2.45) is 5.73 Å². The van der Waals surface area contributed by atoms with Gasteiger partial charge in [0.1, 0.15) is 6.04 Å². The van der Waals surface area contributed by atoms with Crippen LogP contribution in [0.4, 0.5) is 8.78 Å². The zero-order valence-corrected chi connectivity index (χ0v) is 6.18. The fourth-order valence-corrected chi connectivity index (χ4v) is 0.532. The summed E-state index contributed by atoms with van der Waals surface area (Å²) in [5, 5.41) is 8.21. The Morgan fingerprint density at radius 3 is 2.45 bits per heavy atom. The summed E-state index contributed by atoms with van der Waals surface area (Å²) in [6, 6.07) is -1.18. The van der Waals surface area contributed by atoms with E-state index in [1.54, 1.807) is 0 Å². The molecular formula is C6H11F2NO2. The van der Waals surface area contributed by atoms with Gasteiger partial charge >= 0.3 is 5.97 Å². The van der Waals surface area contributed by atoms with Crippen molar-refractivity contribution in [2.45, 2.75) is 31.7 Å². The van der Waals surface area contributed by atoms with E-state index in [4.69, 9.17) is 10.8 Å². The lowest BCUT2D eigenvalue weighted by atomic mass is 10.1. The number of hydrogen-bond donors (Lipinski definition) is 2. The maximum absolute atomic E-state index is 12.1. The molecule has 0 unspecified atom stereocenters. The predicted molar refractivity (Wildman–Crippen MR) is 35.5 cm³/mol. The van der Waals surface area contributed by atoms with Crippen LogP contribution in [0.3, 0.4) is 0 Å². The minimum Gasteiger partial charge on any atom is -0.480 e. The second kappa shape index (κ2) is 3.61. The maximum atomic E-state index is 12.1. The smallest absolute Gasteiger partial charge is 0.320 e. The van der Waals surface area contributed by atoms with E-state index in [1.165, 1.54) is 0 Å². The van der Waals surface area contributed by atoms with E-state index in [-0.39, 0.29) is 6.42 Å². The second-order valence-corrected chi connectivity index (χ2v) is 2.55. The molecule has 0 aliphatic carbocycles. The molecule has 0 radical (unpaired) electrons. The third-order valence-electron chi connectivity index (χ3n) is 1.21. The van der Waals surface area contributed by atoms with Crippen molar-refractivity contribution in [3.8, 4) is 0 Å². The normalized spacial score (nSPS) is 14.5. The van der Waals surface area contributed by atoms with Gasteiger partial charge in [-0.05, 0) is 13.3 Å². The number of hydrogen-bond acceptors (Lipinski definition) is 2. The van der Waals surface area contributed by atoms with Gasteiger partial charge in [-0.3, -0.25) is 4.79 Å². The zero-order valence-electron chi connectivity index (χ0n) is 6.18. The Balaban J connectivity index is 3.63. The van der Waals surface area contributed by atoms with E-state index in [2.05, 4.69) is 0 Å². The van der Waals surface area contributed by atoms with E-state index >= 15 is 0 Å². The summed E-state index contributed by atoms with van der Waals surface area (Å²) in [6.45, 7) is 0.738. The molecule has 0 saturated carbocycles. The van der Waals surface area contributed by atoms with Crippen molar-refractivity contribution in [3.63, 3.8) is 0 Å². The van der Waals surface area contributed by atoms with Gasteiger partial charge in [0.2, 0.25) is 5.92 Å². The second-order valence-electron chi connectivity index (χ2n) is 2.55. The maximum Gasteiger partial charge on any atom is 0.320 e. The topological polar surface area (TPSA) is 63.3 Å². The summed E-state index contributed by atoms with van der Waals surface area (Å²) in [4.78, 5) is 10.0. The molecule has 0 spiro atoms. The van der Waals surface area contributed by atoms with Crippen LogP contribution in [0.25, 0.3) is 0 Å². The van der Waals surface area contributed by atoms with Crippen LogP contribution in [0.5, 0.6) is 0 Å². The van der Waals surface area contributed by atoms with Crippen LogP contribution < -0.4 is 5.73 Å². The number of alkyl halides is 2. The first-order valence-corrected chi connectivity index (χ1v) is 3.19. The average molecular weight is 167 g/mol. The van der Waals surface area contributed by atoms with E-state index < -0.39 is 24.4 Å². The molecule has 0 aromatic heterocycles. The number of nitrogens with two attached hydrogens (primary N) is 1. The van der Waals surface area contributed by atoms with Crippen molar-refractivity contribution in [3.05, 3.63) is 0 Å². The fourth-order valence-electron chi connectivity index (χ4n) is 0.532. The van der Waals surface area contributed by atoms with E-state index in [9.17, 15) is 13.6 Å². The first-order chi connectivity index (χ1) is 4.83. The molecule has 11 heavy (non-hydrogen) atoms. The molecule has 0 amide bonds. The molecule has 5 heteroatoms. The lowest BCUT2D eigenvalue weighted by Gasteiger charge is -2.11. The van der Waals surface area contributed by atoms with Gasteiger partial charge in [-0.25, -0.2) is 8.78 Å². The molecule has 0 aromatic carbocycles. The molecule has 3 N–H and O–H groups in total. The van der Waals surface area contributed by atoms with Gasteiger partial charge in [0.25, 0.3) is 0 Å². The molecule has 66 valence electrons. The highest BCUT2D eigenvalue weighted by molar-refractivity contribution is 5.72. The molecule has 0 aromatic rings. The summed E-state index contributed by atoms with van der Waals surface area (Å²) < 4.78 is 24.2. The molecule has 0 aliphatic rings. The Kier molecular flexibility index (Phi) is 3.38. The van der Waals surface area contributed by atoms with Crippen LogP contribution in [0.2, 0.25) is 0 Å². The molecule has 1 atom stereocenters. The third kappa shape index (κ3) is 5.72. The van der Waals surface area contributed by atoms with Crippen LogP contribution in [-0.2, 0) is 4.79 Å². The molecule has 0 fully saturated rings. The minimum atomic E-state index is -2.83. The molecule has 0 aliphatic heterocycles. The van der Waals surface area contributed by atoms with Gasteiger partial charge in [0.05, 0.1) is 0 Å². The van der Waals surface area contributed by atoms with Crippen LogP contribution in [0.1, 0.15) is 19.8 Å². The number of rotatable bonds is 4. The Hall–Kier alpha value is -0.710. The number of halogens is 2. The molecule has 0 rings (SSSR count). The van der Waals surface area contributed by atoms with Gasteiger partial charge in [-0.1, -0.05) is 0 Å². The van der Waals surface area contributed by atoms with Crippen molar-refractivity contribution < 1.29 is 18.7 Å². The van der Waals surface area contributed by atoms with Gasteiger partial charge < -0.3 is 10.8 Å². The van der Waals surface area contributed by atoms with Gasteiger partial charge in [-0.2, -0.15) is 0 Å². The highest BCUT2D eigenvalue weighted by atomic mass is 19.3. The summed E-state index contributed by atoms with van der Waals surface area (Å²) >= 11 is 0. The number of carboxylic acids is 1. The Bertz CT molecular complexity index is 144. The Labute approximate surface area is 63.2 Å². The Morgan fingerprint density at radius 1 is 1.73 bits per heavy atom. The van der Waals surface area contributed by atoms with Crippen molar-refractivity contribution >= 4 is 5.97 Å². The van der Waals surface area contributed by atoms with E-state index in [0.717, 1.165) is 6.92 Å². The van der Waals surface area contributed by atoms with Crippen LogP contribution in [-0.4, -0.2) is 23.0 Å². The highest BCUT2D eigenvalue weighted by Crippen LogP contribution is 2.19. The van der Waals surface area contributed by atoms with Gasteiger partial charge in [0, 0.05) is 6.42 Å².